The van der Waals surface area contributed by atoms with Gasteiger partial charge in [0.2, 0.25) is 5.91 Å². The monoisotopic (exact) mass is 485 g/mol. The maximum Gasteiger partial charge on any atom is 0.265 e. The summed E-state index contributed by atoms with van der Waals surface area (Å²) in [5.74, 6) is -1.64. The lowest BCUT2D eigenvalue weighted by Crippen LogP contribution is -2.13. The third-order valence-corrected chi connectivity index (χ3v) is 6.77. The molecule has 0 atom stereocenters. The zero-order chi connectivity index (χ0) is 24.5. The fourth-order valence-electron chi connectivity index (χ4n) is 4.13. The van der Waals surface area contributed by atoms with Crippen LogP contribution in [0.5, 0.6) is 0 Å². The van der Waals surface area contributed by atoms with E-state index < -0.39 is 11.7 Å². The molecule has 1 aliphatic rings. The minimum absolute atomic E-state index is 0.0686. The van der Waals surface area contributed by atoms with Crippen LogP contribution in [0.3, 0.4) is 0 Å². The van der Waals surface area contributed by atoms with Crippen molar-refractivity contribution in [3.8, 4) is 0 Å². The molecule has 1 aliphatic carbocycles. The highest BCUT2D eigenvalue weighted by Crippen LogP contribution is 2.30. The van der Waals surface area contributed by atoms with Crippen LogP contribution in [-0.4, -0.2) is 17.6 Å². The van der Waals surface area contributed by atoms with Crippen molar-refractivity contribution in [3.63, 3.8) is 0 Å². The van der Waals surface area contributed by atoms with Crippen LogP contribution in [0, 0.1) is 5.82 Å². The molecule has 0 saturated heterocycles. The van der Waals surface area contributed by atoms with Crippen molar-refractivity contribution >= 4 is 46.0 Å². The van der Waals surface area contributed by atoms with E-state index in [1.165, 1.54) is 23.5 Å². The van der Waals surface area contributed by atoms with Crippen molar-refractivity contribution in [2.45, 2.75) is 12.8 Å². The normalized spacial score (nSPS) is 12.3. The molecule has 3 aromatic carbocycles. The first-order valence-corrected chi connectivity index (χ1v) is 11.8. The molecule has 0 saturated carbocycles. The summed E-state index contributed by atoms with van der Waals surface area (Å²) in [5.41, 5.74) is 9.86. The van der Waals surface area contributed by atoms with Crippen LogP contribution >= 0.6 is 11.3 Å². The minimum atomic E-state index is -0.574. The number of rotatable bonds is 5. The molecule has 0 aliphatic heterocycles. The Bertz CT molecular complexity index is 1480. The Hall–Kier alpha value is -4.30. The summed E-state index contributed by atoms with van der Waals surface area (Å²) < 4.78 is 14.3. The van der Waals surface area contributed by atoms with Gasteiger partial charge >= 0.3 is 0 Å². The largest absolute Gasteiger partial charge is 0.366 e. The Morgan fingerprint density at radius 3 is 2.43 bits per heavy atom. The number of nitrogens with one attached hydrogen (secondary N) is 2. The van der Waals surface area contributed by atoms with Crippen molar-refractivity contribution in [1.82, 2.24) is 0 Å². The standard InChI is InChI=1S/C27H20FN3O3S/c28-22-10-8-19(14-23(22)31-27(34)24-2-1-11-35-24)30-18-7-9-20-16(12-18)5-3-15-4-6-17(26(29)33)13-21(15)25(20)32/h1-2,4,6-14,30H,3,5H2,(H2,29,33)(H,31,34). The third kappa shape index (κ3) is 4.56. The number of fused-ring (bicyclic) bond motifs is 2. The summed E-state index contributed by atoms with van der Waals surface area (Å²) in [5, 5.41) is 7.61. The highest BCUT2D eigenvalue weighted by atomic mass is 32.1. The molecular weight excluding hydrogens is 465 g/mol. The molecule has 35 heavy (non-hydrogen) atoms. The Balaban J connectivity index is 1.39. The van der Waals surface area contributed by atoms with Gasteiger partial charge in [-0.05, 0) is 83.9 Å². The third-order valence-electron chi connectivity index (χ3n) is 5.90. The molecule has 0 unspecified atom stereocenters. The Kier molecular flexibility index (Phi) is 5.88. The van der Waals surface area contributed by atoms with E-state index in [-0.39, 0.29) is 17.4 Å². The van der Waals surface area contributed by atoms with Crippen LogP contribution in [0.2, 0.25) is 0 Å². The van der Waals surface area contributed by atoms with Crippen LogP contribution in [-0.2, 0) is 12.8 Å². The van der Waals surface area contributed by atoms with Gasteiger partial charge in [0.05, 0.1) is 10.6 Å². The molecule has 1 heterocycles. The molecule has 2 amide bonds. The van der Waals surface area contributed by atoms with Gasteiger partial charge in [-0.25, -0.2) is 4.39 Å². The number of nitrogens with two attached hydrogens (primary N) is 1. The van der Waals surface area contributed by atoms with Gasteiger partial charge in [0.15, 0.2) is 5.78 Å². The molecule has 8 heteroatoms. The Morgan fingerprint density at radius 1 is 0.886 bits per heavy atom. The zero-order valence-electron chi connectivity index (χ0n) is 18.4. The Labute approximate surface area is 204 Å². The summed E-state index contributed by atoms with van der Waals surface area (Å²) >= 11 is 1.27. The molecule has 0 spiro atoms. The van der Waals surface area contributed by atoms with Crippen LogP contribution in [0.25, 0.3) is 0 Å². The van der Waals surface area contributed by atoms with E-state index >= 15 is 0 Å². The first-order chi connectivity index (χ1) is 16.9. The SMILES string of the molecule is NC(=O)c1ccc2c(c1)C(=O)c1ccc(Nc3ccc(F)c(NC(=O)c4cccs4)c3)cc1CC2. The van der Waals surface area contributed by atoms with E-state index in [0.29, 0.717) is 40.1 Å². The predicted octanol–water partition coefficient (Wildman–Crippen LogP) is 5.31. The van der Waals surface area contributed by atoms with E-state index in [4.69, 9.17) is 5.73 Å². The van der Waals surface area contributed by atoms with Gasteiger partial charge in [0.1, 0.15) is 5.82 Å². The quantitative estimate of drug-likeness (QED) is 0.356. The average molecular weight is 486 g/mol. The number of amides is 2. The van der Waals surface area contributed by atoms with Gasteiger partial charge in [0.25, 0.3) is 5.91 Å². The van der Waals surface area contributed by atoms with Crippen molar-refractivity contribution in [1.29, 1.82) is 0 Å². The fraction of sp³-hybridized carbons (Fsp3) is 0.0741. The maximum atomic E-state index is 14.3. The van der Waals surface area contributed by atoms with E-state index in [2.05, 4.69) is 10.6 Å². The number of hydrogen-bond donors (Lipinski definition) is 3. The van der Waals surface area contributed by atoms with Crippen molar-refractivity contribution < 1.29 is 18.8 Å². The fourth-order valence-corrected chi connectivity index (χ4v) is 4.75. The predicted molar refractivity (Wildman–Crippen MR) is 134 cm³/mol. The first kappa shape index (κ1) is 22.5. The smallest absolute Gasteiger partial charge is 0.265 e. The molecule has 0 fully saturated rings. The lowest BCUT2D eigenvalue weighted by molar-refractivity contribution is 0.0998. The van der Waals surface area contributed by atoms with Crippen molar-refractivity contribution in [3.05, 3.63) is 111 Å². The number of hydrogen-bond acceptors (Lipinski definition) is 5. The van der Waals surface area contributed by atoms with Gasteiger partial charge in [-0.3, -0.25) is 14.4 Å². The lowest BCUT2D eigenvalue weighted by Gasteiger charge is -2.13. The minimum Gasteiger partial charge on any atom is -0.366 e. The van der Waals surface area contributed by atoms with Crippen LogP contribution in [0.4, 0.5) is 21.5 Å². The average Bonchev–Trinajstić information content (AvgIpc) is 3.35. The number of ketones is 1. The van der Waals surface area contributed by atoms with E-state index in [1.807, 2.05) is 6.07 Å². The second-order valence-electron chi connectivity index (χ2n) is 8.19. The summed E-state index contributed by atoms with van der Waals surface area (Å²) in [6.07, 6.45) is 1.29. The van der Waals surface area contributed by atoms with Gasteiger partial charge in [-0.15, -0.1) is 11.3 Å². The molecular formula is C27H20FN3O3S. The summed E-state index contributed by atoms with van der Waals surface area (Å²) in [6.45, 7) is 0. The van der Waals surface area contributed by atoms with Gasteiger partial charge in [0, 0.05) is 28.1 Å². The maximum absolute atomic E-state index is 14.3. The summed E-state index contributed by atoms with van der Waals surface area (Å²) in [4.78, 5) is 37.6. The van der Waals surface area contributed by atoms with Crippen LogP contribution < -0.4 is 16.4 Å². The zero-order valence-corrected chi connectivity index (χ0v) is 19.2. The van der Waals surface area contributed by atoms with Gasteiger partial charge in [-0.2, -0.15) is 0 Å². The molecule has 5 rings (SSSR count). The number of thiophene rings is 1. The second kappa shape index (κ2) is 9.15. The van der Waals surface area contributed by atoms with E-state index in [1.54, 1.807) is 53.9 Å². The highest BCUT2D eigenvalue weighted by molar-refractivity contribution is 7.12. The number of carbonyl (C=O) groups excluding carboxylic acids is 3. The van der Waals surface area contributed by atoms with E-state index in [0.717, 1.165) is 16.8 Å². The van der Waals surface area contributed by atoms with Gasteiger partial charge < -0.3 is 16.4 Å². The first-order valence-electron chi connectivity index (χ1n) is 10.9. The highest BCUT2D eigenvalue weighted by Gasteiger charge is 2.22. The van der Waals surface area contributed by atoms with Gasteiger partial charge in [-0.1, -0.05) is 12.1 Å². The van der Waals surface area contributed by atoms with Crippen LogP contribution in [0.15, 0.2) is 72.1 Å². The number of carbonyl (C=O) groups is 3. The number of benzene rings is 3. The number of halogens is 1. The van der Waals surface area contributed by atoms with Crippen molar-refractivity contribution in [2.75, 3.05) is 10.6 Å². The molecule has 174 valence electrons. The molecule has 1 aromatic heterocycles. The number of anilines is 3. The lowest BCUT2D eigenvalue weighted by atomic mass is 9.96. The summed E-state index contributed by atoms with van der Waals surface area (Å²) in [6, 6.07) is 18.2. The van der Waals surface area contributed by atoms with E-state index in [9.17, 15) is 18.8 Å². The number of aryl methyl sites for hydroxylation is 2. The van der Waals surface area contributed by atoms with Crippen LogP contribution in [0.1, 0.15) is 47.1 Å². The topological polar surface area (TPSA) is 101 Å². The van der Waals surface area contributed by atoms with Crippen molar-refractivity contribution in [2.24, 2.45) is 5.73 Å². The number of primary amides is 1. The molecule has 6 nitrogen and oxygen atoms in total. The Morgan fingerprint density at radius 2 is 1.66 bits per heavy atom. The second-order valence-corrected chi connectivity index (χ2v) is 9.14. The molecule has 4 N–H and O–H groups in total. The molecule has 0 bridgehead atoms. The molecule has 0 radical (unpaired) electrons. The summed E-state index contributed by atoms with van der Waals surface area (Å²) in [7, 11) is 0. The molecule has 4 aromatic rings.